The van der Waals surface area contributed by atoms with Gasteiger partial charge in [0, 0.05) is 12.5 Å². The summed E-state index contributed by atoms with van der Waals surface area (Å²) in [5, 5.41) is 15.8. The molecule has 0 fully saturated rings. The molecule has 0 saturated carbocycles. The number of para-hydroxylation sites is 1. The molecule has 188 valence electrons. The lowest BCUT2D eigenvalue weighted by Gasteiger charge is -2.22. The molecule has 10 nitrogen and oxygen atoms in total. The second kappa shape index (κ2) is 11.6. The molecule has 3 rings (SSSR count). The molecule has 0 aliphatic carbocycles. The molecule has 36 heavy (non-hydrogen) atoms. The van der Waals surface area contributed by atoms with Crippen molar-refractivity contribution in [2.45, 2.75) is 29.8 Å². The van der Waals surface area contributed by atoms with Gasteiger partial charge in [0.05, 0.1) is 12.0 Å². The van der Waals surface area contributed by atoms with E-state index in [2.05, 4.69) is 16.6 Å². The van der Waals surface area contributed by atoms with Gasteiger partial charge in [0.1, 0.15) is 12.1 Å². The van der Waals surface area contributed by atoms with Crippen molar-refractivity contribution in [3.8, 4) is 0 Å². The molecule has 0 unspecified atom stereocenters. The van der Waals surface area contributed by atoms with Crippen LogP contribution in [0.1, 0.15) is 12.0 Å². The van der Waals surface area contributed by atoms with E-state index in [0.717, 1.165) is 28.5 Å². The van der Waals surface area contributed by atoms with Crippen LogP contribution in [0, 0.1) is 10.1 Å². The molecule has 0 saturated heterocycles. The van der Waals surface area contributed by atoms with Crippen LogP contribution in [0.5, 0.6) is 0 Å². The number of nitrogens with zero attached hydrogens (tertiary/aromatic N) is 1. The van der Waals surface area contributed by atoms with E-state index in [0.29, 0.717) is 0 Å². The number of hydrogen-bond acceptors (Lipinski definition) is 7. The largest absolute Gasteiger partial charge is 0.467 e. The first-order valence-corrected chi connectivity index (χ1v) is 12.4. The highest BCUT2D eigenvalue weighted by atomic mass is 32.2. The number of nitrogens with one attached hydrogen (secondary N) is 2. The smallest absolute Gasteiger partial charge is 0.328 e. The van der Waals surface area contributed by atoms with E-state index in [1.807, 2.05) is 42.5 Å². The van der Waals surface area contributed by atoms with Crippen molar-refractivity contribution in [2.24, 2.45) is 0 Å². The fraction of sp³-hybridized carbons (Fsp3) is 0.200. The molecule has 0 aromatic heterocycles. The Morgan fingerprint density at radius 3 is 2.39 bits per heavy atom. The number of methoxy groups -OCH3 is 1. The van der Waals surface area contributed by atoms with Crippen molar-refractivity contribution in [1.29, 1.82) is 0 Å². The highest BCUT2D eigenvalue weighted by Crippen LogP contribution is 2.23. The Balaban J connectivity index is 1.83. The molecule has 0 aliphatic rings. The van der Waals surface area contributed by atoms with Gasteiger partial charge >= 0.3 is 5.97 Å². The molecular formula is C25H25N3O7S. The summed E-state index contributed by atoms with van der Waals surface area (Å²) in [5.41, 5.74) is 0.122. The molecule has 3 aromatic carbocycles. The number of esters is 1. The van der Waals surface area contributed by atoms with Crippen LogP contribution in [0.2, 0.25) is 0 Å². The first-order valence-electron chi connectivity index (χ1n) is 10.9. The molecule has 1 amide bonds. The van der Waals surface area contributed by atoms with Gasteiger partial charge in [-0.1, -0.05) is 60.7 Å². The molecule has 3 aromatic rings. The maximum absolute atomic E-state index is 13.1. The average Bonchev–Trinajstić information content (AvgIpc) is 2.87. The van der Waals surface area contributed by atoms with Crippen LogP contribution in [0.15, 0.2) is 84.3 Å². The van der Waals surface area contributed by atoms with Gasteiger partial charge in [-0.3, -0.25) is 14.9 Å². The zero-order chi connectivity index (χ0) is 26.3. The van der Waals surface area contributed by atoms with Crippen LogP contribution in [0.3, 0.4) is 0 Å². The van der Waals surface area contributed by atoms with Crippen molar-refractivity contribution in [2.75, 3.05) is 7.11 Å². The summed E-state index contributed by atoms with van der Waals surface area (Å²) in [5.74, 6) is -1.52. The Labute approximate surface area is 208 Å². The molecular weight excluding hydrogens is 486 g/mol. The van der Waals surface area contributed by atoms with Gasteiger partial charge in [0.2, 0.25) is 15.9 Å². The molecule has 0 heterocycles. The quantitative estimate of drug-likeness (QED) is 0.174. The number of rotatable bonds is 11. The summed E-state index contributed by atoms with van der Waals surface area (Å²) < 4.78 is 32.9. The van der Waals surface area contributed by atoms with Crippen molar-refractivity contribution < 1.29 is 27.7 Å². The molecule has 0 bridgehead atoms. The Hall–Kier alpha value is -4.09. The molecule has 0 radical (unpaired) electrons. The zero-order valence-electron chi connectivity index (χ0n) is 19.4. The molecule has 11 heteroatoms. The van der Waals surface area contributed by atoms with Crippen molar-refractivity contribution >= 4 is 38.4 Å². The van der Waals surface area contributed by atoms with Gasteiger partial charge in [-0.25, -0.2) is 13.2 Å². The fourth-order valence-electron chi connectivity index (χ4n) is 3.67. The third-order valence-electron chi connectivity index (χ3n) is 5.42. The predicted octanol–water partition coefficient (Wildman–Crippen LogP) is 2.87. The normalized spacial score (nSPS) is 12.9. The van der Waals surface area contributed by atoms with E-state index in [9.17, 15) is 28.1 Å². The first-order chi connectivity index (χ1) is 17.2. The first kappa shape index (κ1) is 26.5. The van der Waals surface area contributed by atoms with Gasteiger partial charge < -0.3 is 10.1 Å². The molecule has 2 N–H and O–H groups in total. The Morgan fingerprint density at radius 1 is 1.06 bits per heavy atom. The van der Waals surface area contributed by atoms with Crippen molar-refractivity contribution in [3.05, 3.63) is 95.1 Å². The Morgan fingerprint density at radius 2 is 1.72 bits per heavy atom. The minimum Gasteiger partial charge on any atom is -0.467 e. The maximum atomic E-state index is 13.1. The summed E-state index contributed by atoms with van der Waals surface area (Å²) in [6.45, 7) is 3.54. The van der Waals surface area contributed by atoms with E-state index < -0.39 is 49.5 Å². The standard InChI is InChI=1S/C25H25N3O7S/c1-3-8-20(27-36(33,34)23-12-7-6-11-22(23)28(31)32)24(29)26-21(25(30)35-2)16-17-13-14-18-9-4-5-10-19(18)15-17/h3-7,9-15,20-21,27H,1,8,16H2,2H3,(H,26,29)/t20-,21-/m0/s1. The van der Waals surface area contributed by atoms with Crippen molar-refractivity contribution in [1.82, 2.24) is 10.0 Å². The van der Waals surface area contributed by atoms with E-state index in [-0.39, 0.29) is 12.8 Å². The van der Waals surface area contributed by atoms with Crippen LogP contribution in [-0.4, -0.2) is 44.4 Å². The highest BCUT2D eigenvalue weighted by Gasteiger charge is 2.32. The highest BCUT2D eigenvalue weighted by molar-refractivity contribution is 7.89. The van der Waals surface area contributed by atoms with Gasteiger partial charge in [-0.2, -0.15) is 4.72 Å². The number of sulfonamides is 1. The summed E-state index contributed by atoms with van der Waals surface area (Å²) in [6, 6.07) is 15.6. The van der Waals surface area contributed by atoms with E-state index in [1.165, 1.54) is 25.3 Å². The van der Waals surface area contributed by atoms with Crippen molar-refractivity contribution in [3.63, 3.8) is 0 Å². The molecule has 0 spiro atoms. The van der Waals surface area contributed by atoms with Gasteiger partial charge in [-0.15, -0.1) is 6.58 Å². The minimum atomic E-state index is -4.46. The second-order valence-electron chi connectivity index (χ2n) is 7.89. The summed E-state index contributed by atoms with van der Waals surface area (Å²) in [7, 11) is -3.28. The maximum Gasteiger partial charge on any atom is 0.328 e. The van der Waals surface area contributed by atoms with Crippen LogP contribution in [0.25, 0.3) is 10.8 Å². The number of fused-ring (bicyclic) bond motifs is 1. The predicted molar refractivity (Wildman–Crippen MR) is 134 cm³/mol. The third-order valence-corrected chi connectivity index (χ3v) is 6.94. The second-order valence-corrected chi connectivity index (χ2v) is 9.58. The van der Waals surface area contributed by atoms with E-state index >= 15 is 0 Å². The summed E-state index contributed by atoms with van der Waals surface area (Å²) in [4.78, 5) is 35.4. The summed E-state index contributed by atoms with van der Waals surface area (Å²) >= 11 is 0. The Kier molecular flexibility index (Phi) is 8.51. The lowest BCUT2D eigenvalue weighted by Crippen LogP contribution is -2.52. The zero-order valence-corrected chi connectivity index (χ0v) is 20.2. The number of ether oxygens (including phenoxy) is 1. The average molecular weight is 512 g/mol. The number of carbonyl (C=O) groups is 2. The fourth-order valence-corrected chi connectivity index (χ4v) is 5.05. The van der Waals surface area contributed by atoms with Crippen LogP contribution >= 0.6 is 0 Å². The number of hydrogen-bond donors (Lipinski definition) is 2. The lowest BCUT2D eigenvalue weighted by molar-refractivity contribution is -0.387. The Bertz CT molecular complexity index is 1410. The minimum absolute atomic E-state index is 0.0982. The summed E-state index contributed by atoms with van der Waals surface area (Å²) in [6.07, 6.45) is 1.29. The third kappa shape index (κ3) is 6.32. The van der Waals surface area contributed by atoms with Gasteiger partial charge in [0.15, 0.2) is 4.90 Å². The van der Waals surface area contributed by atoms with Crippen LogP contribution < -0.4 is 10.0 Å². The van der Waals surface area contributed by atoms with E-state index in [4.69, 9.17) is 4.74 Å². The number of nitro benzene ring substituents is 1. The van der Waals surface area contributed by atoms with Gasteiger partial charge in [0.25, 0.3) is 5.69 Å². The van der Waals surface area contributed by atoms with Crippen LogP contribution in [0.4, 0.5) is 5.69 Å². The van der Waals surface area contributed by atoms with Gasteiger partial charge in [-0.05, 0) is 28.8 Å². The number of benzene rings is 3. The number of nitro groups is 1. The van der Waals surface area contributed by atoms with E-state index in [1.54, 1.807) is 0 Å². The van der Waals surface area contributed by atoms with Crippen LogP contribution in [-0.2, 0) is 30.8 Å². The number of carbonyl (C=O) groups excluding carboxylic acids is 2. The topological polar surface area (TPSA) is 145 Å². The number of amides is 1. The SMILES string of the molecule is C=CC[C@H](NS(=O)(=O)c1ccccc1[N+](=O)[O-])C(=O)N[C@@H](Cc1ccc2ccccc2c1)C(=O)OC. The molecule has 2 atom stereocenters. The monoisotopic (exact) mass is 511 g/mol. The molecule has 0 aliphatic heterocycles. The lowest BCUT2D eigenvalue weighted by atomic mass is 10.0.